The molecule has 0 aromatic heterocycles. The molecule has 0 amide bonds. The lowest BCUT2D eigenvalue weighted by Crippen LogP contribution is -2.43. The van der Waals surface area contributed by atoms with Crippen molar-refractivity contribution in [3.63, 3.8) is 0 Å². The van der Waals surface area contributed by atoms with Gasteiger partial charge in [-0.1, -0.05) is 37.3 Å². The molecule has 1 aromatic rings. The second-order valence-electron chi connectivity index (χ2n) is 4.79. The number of aliphatic hydroxyl groups is 1. The van der Waals surface area contributed by atoms with E-state index in [1.165, 1.54) is 12.5 Å². The smallest absolute Gasteiger partial charge is 0.338 e. The zero-order valence-corrected chi connectivity index (χ0v) is 11.3. The number of esters is 1. The van der Waals surface area contributed by atoms with E-state index in [9.17, 15) is 9.90 Å². The topological polar surface area (TPSA) is 46.5 Å². The molecule has 3 nitrogen and oxygen atoms in total. The van der Waals surface area contributed by atoms with Crippen molar-refractivity contribution >= 4 is 5.97 Å². The third-order valence-electron chi connectivity index (χ3n) is 3.36. The molecule has 3 heteroatoms. The van der Waals surface area contributed by atoms with Crippen molar-refractivity contribution in [3.8, 4) is 0 Å². The molecule has 0 spiro atoms. The summed E-state index contributed by atoms with van der Waals surface area (Å²) in [4.78, 5) is 11.6. The third-order valence-corrected chi connectivity index (χ3v) is 3.36. The Morgan fingerprint density at radius 3 is 2.56 bits per heavy atom. The van der Waals surface area contributed by atoms with Crippen LogP contribution in [0.4, 0.5) is 0 Å². The molecular formula is C15H22O3. The molecule has 1 N–H and O–H groups in total. The van der Waals surface area contributed by atoms with E-state index >= 15 is 0 Å². The molecular weight excluding hydrogens is 228 g/mol. The maximum absolute atomic E-state index is 11.6. The van der Waals surface area contributed by atoms with Crippen molar-refractivity contribution in [3.05, 3.63) is 35.9 Å². The summed E-state index contributed by atoms with van der Waals surface area (Å²) >= 11 is 0. The molecule has 1 rings (SSSR count). The lowest BCUT2D eigenvalue weighted by Gasteiger charge is -2.27. The van der Waals surface area contributed by atoms with Gasteiger partial charge in [0.1, 0.15) is 0 Å². The molecule has 0 fully saturated rings. The number of carbonyl (C=O) groups excluding carboxylic acids is 1. The first-order valence-corrected chi connectivity index (χ1v) is 6.42. The molecule has 0 radical (unpaired) electrons. The molecule has 1 aromatic carbocycles. The van der Waals surface area contributed by atoms with Gasteiger partial charge in [-0.15, -0.1) is 0 Å². The van der Waals surface area contributed by atoms with Crippen LogP contribution in [-0.2, 0) is 16.0 Å². The number of rotatable bonds is 6. The number of aryl methyl sites for hydroxylation is 1. The molecule has 2 atom stereocenters. The second kappa shape index (κ2) is 6.55. The Morgan fingerprint density at radius 1 is 1.39 bits per heavy atom. The van der Waals surface area contributed by atoms with Crippen LogP contribution in [0, 0.1) is 5.92 Å². The lowest BCUT2D eigenvalue weighted by molar-refractivity contribution is -0.168. The van der Waals surface area contributed by atoms with Crippen molar-refractivity contribution in [2.45, 2.75) is 39.2 Å². The van der Waals surface area contributed by atoms with Crippen LogP contribution in [0.15, 0.2) is 30.3 Å². The Bertz CT molecular complexity index is 371. The zero-order chi connectivity index (χ0) is 13.6. The largest absolute Gasteiger partial charge is 0.464 e. The van der Waals surface area contributed by atoms with Crippen LogP contribution in [0.3, 0.4) is 0 Å². The summed E-state index contributed by atoms with van der Waals surface area (Å²) < 4.78 is 4.89. The monoisotopic (exact) mass is 250 g/mol. The zero-order valence-electron chi connectivity index (χ0n) is 11.3. The molecule has 0 aliphatic carbocycles. The van der Waals surface area contributed by atoms with Gasteiger partial charge in [0.2, 0.25) is 0 Å². The molecule has 0 saturated heterocycles. The molecule has 2 unspecified atom stereocenters. The maximum atomic E-state index is 11.6. The second-order valence-corrected chi connectivity index (χ2v) is 4.79. The summed E-state index contributed by atoms with van der Waals surface area (Å²) in [6.45, 7) is 5.43. The minimum absolute atomic E-state index is 0.142. The molecule has 0 bridgehead atoms. The van der Waals surface area contributed by atoms with Gasteiger partial charge in [-0.25, -0.2) is 4.79 Å². The van der Waals surface area contributed by atoms with Gasteiger partial charge in [0.05, 0.1) is 6.61 Å². The number of carbonyl (C=O) groups is 1. The maximum Gasteiger partial charge on any atom is 0.338 e. The Morgan fingerprint density at radius 2 is 2.00 bits per heavy atom. The van der Waals surface area contributed by atoms with Crippen molar-refractivity contribution in [1.82, 2.24) is 0 Å². The van der Waals surface area contributed by atoms with Crippen molar-refractivity contribution in [2.75, 3.05) is 6.61 Å². The summed E-state index contributed by atoms with van der Waals surface area (Å²) in [5, 5.41) is 10.2. The van der Waals surface area contributed by atoms with Gasteiger partial charge in [-0.2, -0.15) is 0 Å². The number of ether oxygens (including phenoxy) is 1. The highest BCUT2D eigenvalue weighted by molar-refractivity contribution is 5.79. The van der Waals surface area contributed by atoms with E-state index in [-0.39, 0.29) is 5.92 Å². The van der Waals surface area contributed by atoms with E-state index < -0.39 is 11.6 Å². The van der Waals surface area contributed by atoms with E-state index in [2.05, 4.69) is 0 Å². The first kappa shape index (κ1) is 14.7. The average Bonchev–Trinajstić information content (AvgIpc) is 2.37. The lowest BCUT2D eigenvalue weighted by atomic mass is 9.86. The quantitative estimate of drug-likeness (QED) is 0.789. The van der Waals surface area contributed by atoms with E-state index in [1.807, 2.05) is 37.3 Å². The summed E-state index contributed by atoms with van der Waals surface area (Å²) in [6, 6.07) is 10.0. The predicted molar refractivity (Wildman–Crippen MR) is 71.2 cm³/mol. The molecule has 100 valence electrons. The van der Waals surface area contributed by atoms with Gasteiger partial charge in [0.25, 0.3) is 0 Å². The van der Waals surface area contributed by atoms with Gasteiger partial charge in [0.15, 0.2) is 5.60 Å². The van der Waals surface area contributed by atoms with Crippen molar-refractivity contribution < 1.29 is 14.6 Å². The molecule has 0 saturated carbocycles. The minimum atomic E-state index is -1.41. The van der Waals surface area contributed by atoms with Crippen LogP contribution in [-0.4, -0.2) is 23.3 Å². The van der Waals surface area contributed by atoms with Gasteiger partial charge < -0.3 is 9.84 Å². The highest BCUT2D eigenvalue weighted by atomic mass is 16.5. The highest BCUT2D eigenvalue weighted by Crippen LogP contribution is 2.23. The fourth-order valence-corrected chi connectivity index (χ4v) is 1.79. The summed E-state index contributed by atoms with van der Waals surface area (Å²) in [5.74, 6) is -0.678. The van der Waals surface area contributed by atoms with Crippen LogP contribution < -0.4 is 0 Å². The van der Waals surface area contributed by atoms with Crippen LogP contribution in [0.25, 0.3) is 0 Å². The Labute approximate surface area is 109 Å². The third kappa shape index (κ3) is 3.84. The van der Waals surface area contributed by atoms with Crippen LogP contribution in [0.1, 0.15) is 32.8 Å². The molecule has 0 aliphatic rings. The normalized spacial score (nSPS) is 15.8. The number of benzene rings is 1. The van der Waals surface area contributed by atoms with Gasteiger partial charge >= 0.3 is 5.97 Å². The molecule has 0 heterocycles. The van der Waals surface area contributed by atoms with Gasteiger partial charge in [-0.05, 0) is 38.2 Å². The Balaban J connectivity index is 2.54. The average molecular weight is 250 g/mol. The molecule has 18 heavy (non-hydrogen) atoms. The number of hydrogen-bond acceptors (Lipinski definition) is 3. The molecule has 0 aliphatic heterocycles. The summed E-state index contributed by atoms with van der Waals surface area (Å²) in [5.41, 5.74) is -0.200. The minimum Gasteiger partial charge on any atom is -0.464 e. The fourth-order valence-electron chi connectivity index (χ4n) is 1.79. The number of hydrogen-bond donors (Lipinski definition) is 1. The van der Waals surface area contributed by atoms with Crippen molar-refractivity contribution in [2.24, 2.45) is 5.92 Å². The van der Waals surface area contributed by atoms with Crippen LogP contribution >= 0.6 is 0 Å². The van der Waals surface area contributed by atoms with Crippen LogP contribution in [0.2, 0.25) is 0 Å². The standard InChI is InChI=1S/C15H22O3/c1-4-18-14(16)15(3,17)12(2)10-11-13-8-6-5-7-9-13/h5-9,12,17H,4,10-11H2,1-3H3. The predicted octanol–water partition coefficient (Wildman–Crippen LogP) is 2.57. The Hall–Kier alpha value is -1.35. The summed E-state index contributed by atoms with van der Waals surface area (Å²) in [6.07, 6.45) is 1.59. The summed E-state index contributed by atoms with van der Waals surface area (Å²) in [7, 11) is 0. The van der Waals surface area contributed by atoms with Crippen LogP contribution in [0.5, 0.6) is 0 Å². The SMILES string of the molecule is CCOC(=O)C(C)(O)C(C)CCc1ccccc1. The van der Waals surface area contributed by atoms with Gasteiger partial charge in [-0.3, -0.25) is 0 Å². The first-order chi connectivity index (χ1) is 8.48. The van der Waals surface area contributed by atoms with E-state index in [4.69, 9.17) is 4.74 Å². The highest BCUT2D eigenvalue weighted by Gasteiger charge is 2.37. The first-order valence-electron chi connectivity index (χ1n) is 6.42. The Kier molecular flexibility index (Phi) is 5.35. The fraction of sp³-hybridized carbons (Fsp3) is 0.533. The van der Waals surface area contributed by atoms with E-state index in [0.29, 0.717) is 6.61 Å². The van der Waals surface area contributed by atoms with E-state index in [1.54, 1.807) is 6.92 Å². The van der Waals surface area contributed by atoms with Gasteiger partial charge in [0, 0.05) is 0 Å². The van der Waals surface area contributed by atoms with Crippen molar-refractivity contribution in [1.29, 1.82) is 0 Å². The van der Waals surface area contributed by atoms with E-state index in [0.717, 1.165) is 12.8 Å².